The van der Waals surface area contributed by atoms with Crippen LogP contribution in [0, 0.1) is 0 Å². The van der Waals surface area contributed by atoms with E-state index >= 15 is 0 Å². The van der Waals surface area contributed by atoms with Crippen LogP contribution in [0.25, 0.3) is 11.3 Å². The van der Waals surface area contributed by atoms with Crippen molar-refractivity contribution in [2.75, 3.05) is 13.1 Å². The maximum absolute atomic E-state index is 12.6. The number of hydrogen-bond donors (Lipinski definition) is 2. The number of benzene rings is 2. The van der Waals surface area contributed by atoms with E-state index in [9.17, 15) is 18.0 Å². The summed E-state index contributed by atoms with van der Waals surface area (Å²) in [7, 11) is -3.71. The van der Waals surface area contributed by atoms with Crippen molar-refractivity contribution in [3.63, 3.8) is 0 Å². The van der Waals surface area contributed by atoms with E-state index in [1.165, 1.54) is 34.6 Å². The molecule has 10 heteroatoms. The summed E-state index contributed by atoms with van der Waals surface area (Å²) in [4.78, 5) is 24.7. The van der Waals surface area contributed by atoms with Gasteiger partial charge in [-0.25, -0.2) is 8.42 Å². The second-order valence-electron chi connectivity index (χ2n) is 6.47. The minimum Gasteiger partial charge on any atom is -0.350 e. The molecule has 0 aliphatic heterocycles. The smallest absolute Gasteiger partial charge is 0.308 e. The second-order valence-corrected chi connectivity index (χ2v) is 8.41. The van der Waals surface area contributed by atoms with Crippen molar-refractivity contribution in [2.45, 2.75) is 18.7 Å². The first-order chi connectivity index (χ1) is 14.9. The first-order valence-electron chi connectivity index (χ1n) is 9.59. The minimum absolute atomic E-state index is 0.00193. The van der Waals surface area contributed by atoms with E-state index in [1.807, 2.05) is 30.3 Å². The molecule has 0 saturated heterocycles. The zero-order chi connectivity index (χ0) is 22.4. The van der Waals surface area contributed by atoms with Gasteiger partial charge in [-0.05, 0) is 18.2 Å². The molecule has 2 N–H and O–H groups in total. The Bertz CT molecular complexity index is 1170. The molecule has 9 nitrogen and oxygen atoms in total. The number of nitrogens with one attached hydrogen (secondary N) is 2. The zero-order valence-electron chi connectivity index (χ0n) is 17.0. The Morgan fingerprint density at radius 3 is 2.29 bits per heavy atom. The Labute approximate surface area is 180 Å². The van der Waals surface area contributed by atoms with Crippen LogP contribution in [0.3, 0.4) is 0 Å². The van der Waals surface area contributed by atoms with Gasteiger partial charge in [-0.3, -0.25) is 20.4 Å². The summed E-state index contributed by atoms with van der Waals surface area (Å²) in [5.41, 5.74) is 5.82. The highest BCUT2D eigenvalue weighted by atomic mass is 32.2. The van der Waals surface area contributed by atoms with E-state index in [0.29, 0.717) is 18.8 Å². The number of nitrogens with zero attached hydrogens (tertiary/aromatic N) is 2. The van der Waals surface area contributed by atoms with E-state index in [1.54, 1.807) is 13.8 Å². The van der Waals surface area contributed by atoms with Crippen molar-refractivity contribution >= 4 is 21.8 Å². The van der Waals surface area contributed by atoms with Gasteiger partial charge in [0, 0.05) is 30.3 Å². The standard InChI is InChI=1S/C21H22N4O5S/c1-3-25(4-2)31(28,29)17-12-8-11-16(13-17)20(26)22-23-21(27)19-14-18(24-30-19)15-9-6-5-7-10-15/h5-14H,3-4H2,1-2H3,(H,22,26)(H,23,27). The quantitative estimate of drug-likeness (QED) is 0.542. The van der Waals surface area contributed by atoms with Crippen LogP contribution in [-0.4, -0.2) is 42.8 Å². The first kappa shape index (κ1) is 22.2. The normalized spacial score (nSPS) is 11.3. The first-order valence-corrected chi connectivity index (χ1v) is 11.0. The van der Waals surface area contributed by atoms with Gasteiger partial charge in [0.1, 0.15) is 5.69 Å². The molecule has 0 atom stereocenters. The summed E-state index contributed by atoms with van der Waals surface area (Å²) >= 11 is 0. The number of rotatable bonds is 7. The highest BCUT2D eigenvalue weighted by Crippen LogP contribution is 2.19. The molecular weight excluding hydrogens is 420 g/mol. The van der Waals surface area contributed by atoms with Crippen LogP contribution in [-0.2, 0) is 10.0 Å². The SMILES string of the molecule is CCN(CC)S(=O)(=O)c1cccc(C(=O)NNC(=O)c2cc(-c3ccccc3)no2)c1. The molecule has 31 heavy (non-hydrogen) atoms. The average Bonchev–Trinajstić information content (AvgIpc) is 3.29. The molecule has 1 aromatic heterocycles. The van der Waals surface area contributed by atoms with Gasteiger partial charge >= 0.3 is 5.91 Å². The Morgan fingerprint density at radius 1 is 0.935 bits per heavy atom. The molecule has 3 aromatic rings. The molecule has 1 heterocycles. The Kier molecular flexibility index (Phi) is 6.83. The molecule has 2 aromatic carbocycles. The van der Waals surface area contributed by atoms with Crippen molar-refractivity contribution in [1.29, 1.82) is 0 Å². The van der Waals surface area contributed by atoms with E-state index < -0.39 is 21.8 Å². The van der Waals surface area contributed by atoms with E-state index in [2.05, 4.69) is 16.0 Å². The lowest BCUT2D eigenvalue weighted by atomic mass is 10.1. The van der Waals surface area contributed by atoms with E-state index in [4.69, 9.17) is 4.52 Å². The average molecular weight is 442 g/mol. The molecule has 0 radical (unpaired) electrons. The molecule has 0 spiro atoms. The number of hydrazine groups is 1. The molecule has 0 fully saturated rings. The largest absolute Gasteiger partial charge is 0.350 e. The number of amides is 2. The lowest BCUT2D eigenvalue weighted by Crippen LogP contribution is -2.41. The molecule has 0 unspecified atom stereocenters. The number of hydrogen-bond acceptors (Lipinski definition) is 6. The fraction of sp³-hybridized carbons (Fsp3) is 0.190. The lowest BCUT2D eigenvalue weighted by Gasteiger charge is -2.18. The van der Waals surface area contributed by atoms with Crippen LogP contribution < -0.4 is 10.9 Å². The fourth-order valence-electron chi connectivity index (χ4n) is 2.88. The highest BCUT2D eigenvalue weighted by molar-refractivity contribution is 7.89. The van der Waals surface area contributed by atoms with Gasteiger partial charge in [-0.2, -0.15) is 4.31 Å². The predicted octanol–water partition coefficient (Wildman–Crippen LogP) is 2.45. The summed E-state index contributed by atoms with van der Waals surface area (Å²) in [6, 6.07) is 16.2. The van der Waals surface area contributed by atoms with Gasteiger partial charge < -0.3 is 4.52 Å². The van der Waals surface area contributed by atoms with Gasteiger partial charge in [0.2, 0.25) is 15.8 Å². The summed E-state index contributed by atoms with van der Waals surface area (Å²) < 4.78 is 31.6. The van der Waals surface area contributed by atoms with Crippen molar-refractivity contribution in [1.82, 2.24) is 20.3 Å². The van der Waals surface area contributed by atoms with Crippen LogP contribution >= 0.6 is 0 Å². The van der Waals surface area contributed by atoms with Crippen LogP contribution in [0.2, 0.25) is 0 Å². The van der Waals surface area contributed by atoms with Gasteiger partial charge in [0.25, 0.3) is 5.91 Å². The minimum atomic E-state index is -3.71. The summed E-state index contributed by atoms with van der Waals surface area (Å²) in [6.07, 6.45) is 0. The molecule has 0 aliphatic rings. The van der Waals surface area contributed by atoms with E-state index in [0.717, 1.165) is 5.56 Å². The molecule has 2 amide bonds. The Morgan fingerprint density at radius 2 is 1.61 bits per heavy atom. The van der Waals surface area contributed by atoms with Crippen LogP contribution in [0.5, 0.6) is 0 Å². The molecule has 0 saturated carbocycles. The van der Waals surface area contributed by atoms with Crippen molar-refractivity contribution < 1.29 is 22.5 Å². The van der Waals surface area contributed by atoms with Crippen molar-refractivity contribution in [3.05, 3.63) is 72.0 Å². The maximum Gasteiger partial charge on any atom is 0.308 e. The Balaban J connectivity index is 1.67. The van der Waals surface area contributed by atoms with Gasteiger partial charge in [-0.1, -0.05) is 55.4 Å². The third-order valence-electron chi connectivity index (χ3n) is 4.53. The van der Waals surface area contributed by atoms with Gasteiger partial charge in [0.05, 0.1) is 4.90 Å². The number of sulfonamides is 1. The zero-order valence-corrected chi connectivity index (χ0v) is 17.8. The highest BCUT2D eigenvalue weighted by Gasteiger charge is 2.23. The van der Waals surface area contributed by atoms with Gasteiger partial charge in [0.15, 0.2) is 0 Å². The number of carbonyl (C=O) groups is 2. The topological polar surface area (TPSA) is 122 Å². The predicted molar refractivity (Wildman–Crippen MR) is 113 cm³/mol. The van der Waals surface area contributed by atoms with E-state index in [-0.39, 0.29) is 16.2 Å². The van der Waals surface area contributed by atoms with Crippen molar-refractivity contribution in [3.8, 4) is 11.3 Å². The molecular formula is C21H22N4O5S. The number of carbonyl (C=O) groups excluding carboxylic acids is 2. The monoisotopic (exact) mass is 442 g/mol. The summed E-state index contributed by atoms with van der Waals surface area (Å²) in [6.45, 7) is 4.10. The summed E-state index contributed by atoms with van der Waals surface area (Å²) in [5, 5.41) is 3.84. The lowest BCUT2D eigenvalue weighted by molar-refractivity contribution is 0.0825. The molecule has 0 aliphatic carbocycles. The van der Waals surface area contributed by atoms with Crippen LogP contribution in [0.1, 0.15) is 34.8 Å². The van der Waals surface area contributed by atoms with Crippen LogP contribution in [0.4, 0.5) is 0 Å². The fourth-order valence-corrected chi connectivity index (χ4v) is 4.39. The van der Waals surface area contributed by atoms with Crippen molar-refractivity contribution in [2.24, 2.45) is 0 Å². The maximum atomic E-state index is 12.6. The third-order valence-corrected chi connectivity index (χ3v) is 6.58. The van der Waals surface area contributed by atoms with Crippen LogP contribution in [0.15, 0.2) is 70.1 Å². The molecule has 3 rings (SSSR count). The summed E-state index contributed by atoms with van der Waals surface area (Å²) in [5.74, 6) is -1.46. The Hall–Kier alpha value is -3.50. The van der Waals surface area contributed by atoms with Gasteiger partial charge in [-0.15, -0.1) is 0 Å². The molecule has 162 valence electrons. The molecule has 0 bridgehead atoms. The number of aromatic nitrogens is 1. The third kappa shape index (κ3) is 4.98. The second kappa shape index (κ2) is 9.54.